The molecule has 1 fully saturated rings. The lowest BCUT2D eigenvalue weighted by molar-refractivity contribution is 0.0994. The number of halogens is 4. The average molecular weight is 379 g/mol. The van der Waals surface area contributed by atoms with Gasteiger partial charge in [-0.05, 0) is 29.8 Å². The van der Waals surface area contributed by atoms with Crippen molar-refractivity contribution in [3.8, 4) is 5.75 Å². The lowest BCUT2D eigenvalue weighted by Gasteiger charge is -2.35. The Hall–Kier alpha value is -0.640. The molecule has 0 radical (unpaired) electrons. The van der Waals surface area contributed by atoms with Crippen LogP contribution in [-0.4, -0.2) is 13.1 Å². The molecule has 22 heavy (non-hydrogen) atoms. The van der Waals surface area contributed by atoms with Gasteiger partial charge in [-0.3, -0.25) is 0 Å². The summed E-state index contributed by atoms with van der Waals surface area (Å²) in [6.45, 7) is 1.82. The standard InChI is InChI=1S/C16H14Cl3NO.ClH/c17-12-6-5-10(7-14(12)19)16(11-8-20-9-11)21-15-4-2-1-3-13(15)18;/h1-7,11,16,20H,8-9H2;1H. The zero-order chi connectivity index (χ0) is 14.8. The minimum Gasteiger partial charge on any atom is -0.484 e. The molecular weight excluding hydrogens is 364 g/mol. The summed E-state index contributed by atoms with van der Waals surface area (Å²) in [4.78, 5) is 0. The molecule has 0 aliphatic carbocycles. The quantitative estimate of drug-likeness (QED) is 0.767. The van der Waals surface area contributed by atoms with Crippen molar-refractivity contribution in [3.05, 3.63) is 63.1 Å². The molecule has 0 amide bonds. The second kappa shape index (κ2) is 7.76. The van der Waals surface area contributed by atoms with Gasteiger partial charge >= 0.3 is 0 Å². The number of para-hydroxylation sites is 1. The van der Waals surface area contributed by atoms with Crippen molar-refractivity contribution in [1.82, 2.24) is 5.32 Å². The monoisotopic (exact) mass is 377 g/mol. The largest absolute Gasteiger partial charge is 0.484 e. The van der Waals surface area contributed by atoms with Crippen molar-refractivity contribution in [3.63, 3.8) is 0 Å². The van der Waals surface area contributed by atoms with Crippen molar-refractivity contribution in [1.29, 1.82) is 0 Å². The van der Waals surface area contributed by atoms with E-state index in [2.05, 4.69) is 5.32 Å². The van der Waals surface area contributed by atoms with Gasteiger partial charge in [0.2, 0.25) is 0 Å². The van der Waals surface area contributed by atoms with Crippen molar-refractivity contribution in [2.24, 2.45) is 5.92 Å². The fraction of sp³-hybridized carbons (Fsp3) is 0.250. The molecule has 1 aliphatic rings. The molecule has 2 aromatic rings. The van der Waals surface area contributed by atoms with Crippen LogP contribution in [0, 0.1) is 5.92 Å². The van der Waals surface area contributed by atoms with Crippen LogP contribution in [0.4, 0.5) is 0 Å². The summed E-state index contributed by atoms with van der Waals surface area (Å²) in [5, 5.41) is 4.95. The predicted molar refractivity (Wildman–Crippen MR) is 94.9 cm³/mol. The summed E-state index contributed by atoms with van der Waals surface area (Å²) in [5.41, 5.74) is 1.01. The Labute approximate surface area is 151 Å². The fourth-order valence-electron chi connectivity index (χ4n) is 2.33. The van der Waals surface area contributed by atoms with Gasteiger partial charge in [-0.25, -0.2) is 0 Å². The van der Waals surface area contributed by atoms with Crippen molar-refractivity contribution in [2.45, 2.75) is 6.10 Å². The van der Waals surface area contributed by atoms with Gasteiger partial charge in [0, 0.05) is 19.0 Å². The molecule has 1 heterocycles. The zero-order valence-electron chi connectivity index (χ0n) is 11.6. The molecule has 3 rings (SSSR count). The van der Waals surface area contributed by atoms with Crippen LogP contribution in [-0.2, 0) is 0 Å². The van der Waals surface area contributed by atoms with Crippen molar-refractivity contribution < 1.29 is 4.74 Å². The van der Waals surface area contributed by atoms with E-state index >= 15 is 0 Å². The number of benzene rings is 2. The van der Waals surface area contributed by atoms with Gasteiger partial charge in [0.15, 0.2) is 0 Å². The van der Waals surface area contributed by atoms with Crippen LogP contribution in [0.3, 0.4) is 0 Å². The number of hydrogen-bond donors (Lipinski definition) is 1. The van der Waals surface area contributed by atoms with E-state index in [1.54, 1.807) is 6.07 Å². The SMILES string of the molecule is Cl.Clc1ccc(C(Oc2ccccc2Cl)C2CNC2)cc1Cl. The van der Waals surface area contributed by atoms with E-state index in [4.69, 9.17) is 39.5 Å². The molecule has 2 aromatic carbocycles. The first-order valence-corrected chi connectivity index (χ1v) is 7.85. The highest BCUT2D eigenvalue weighted by molar-refractivity contribution is 6.42. The van der Waals surface area contributed by atoms with E-state index in [9.17, 15) is 0 Å². The van der Waals surface area contributed by atoms with E-state index in [0.29, 0.717) is 26.7 Å². The predicted octanol–water partition coefficient (Wildman–Crippen LogP) is 5.41. The van der Waals surface area contributed by atoms with Crippen LogP contribution in [0.2, 0.25) is 15.1 Å². The summed E-state index contributed by atoms with van der Waals surface area (Å²) < 4.78 is 6.16. The van der Waals surface area contributed by atoms with E-state index in [-0.39, 0.29) is 18.5 Å². The van der Waals surface area contributed by atoms with Crippen LogP contribution >= 0.6 is 47.2 Å². The first-order chi connectivity index (χ1) is 10.1. The maximum absolute atomic E-state index is 6.19. The molecule has 1 aliphatic heterocycles. The van der Waals surface area contributed by atoms with Gasteiger partial charge in [-0.15, -0.1) is 12.4 Å². The minimum absolute atomic E-state index is 0. The molecule has 1 N–H and O–H groups in total. The highest BCUT2D eigenvalue weighted by Gasteiger charge is 2.31. The Kier molecular flexibility index (Phi) is 6.25. The van der Waals surface area contributed by atoms with Gasteiger partial charge in [-0.1, -0.05) is 53.0 Å². The molecule has 118 valence electrons. The second-order valence-corrected chi connectivity index (χ2v) is 6.28. The lowest BCUT2D eigenvalue weighted by Crippen LogP contribution is -2.46. The van der Waals surface area contributed by atoms with Gasteiger partial charge in [-0.2, -0.15) is 0 Å². The molecular formula is C16H15Cl4NO. The third-order valence-corrected chi connectivity index (χ3v) is 4.66. The highest BCUT2D eigenvalue weighted by atomic mass is 35.5. The molecule has 1 saturated heterocycles. The number of rotatable bonds is 4. The first-order valence-electron chi connectivity index (χ1n) is 6.72. The maximum Gasteiger partial charge on any atom is 0.138 e. The summed E-state index contributed by atoms with van der Waals surface area (Å²) in [6.07, 6.45) is -0.0964. The zero-order valence-corrected chi connectivity index (χ0v) is 14.6. The van der Waals surface area contributed by atoms with Crippen LogP contribution < -0.4 is 10.1 Å². The average Bonchev–Trinajstić information content (AvgIpc) is 2.41. The Bertz CT molecular complexity index is 646. The Morgan fingerprint density at radius 2 is 1.68 bits per heavy atom. The topological polar surface area (TPSA) is 21.3 Å². The summed E-state index contributed by atoms with van der Waals surface area (Å²) in [5.74, 6) is 1.07. The van der Waals surface area contributed by atoms with Gasteiger partial charge < -0.3 is 10.1 Å². The fourth-order valence-corrected chi connectivity index (χ4v) is 2.81. The summed E-state index contributed by atoms with van der Waals surface area (Å²) >= 11 is 18.3. The Morgan fingerprint density at radius 1 is 0.955 bits per heavy atom. The third kappa shape index (κ3) is 3.81. The molecule has 0 spiro atoms. The van der Waals surface area contributed by atoms with Crippen molar-refractivity contribution in [2.75, 3.05) is 13.1 Å². The molecule has 1 unspecified atom stereocenters. The smallest absolute Gasteiger partial charge is 0.138 e. The van der Waals surface area contributed by atoms with Crippen LogP contribution in [0.1, 0.15) is 11.7 Å². The van der Waals surface area contributed by atoms with Crippen LogP contribution in [0.5, 0.6) is 5.75 Å². The Balaban J connectivity index is 0.00000176. The number of nitrogens with one attached hydrogen (secondary N) is 1. The molecule has 2 nitrogen and oxygen atoms in total. The molecule has 0 aromatic heterocycles. The number of ether oxygens (including phenoxy) is 1. The minimum atomic E-state index is -0.0964. The highest BCUT2D eigenvalue weighted by Crippen LogP contribution is 2.36. The summed E-state index contributed by atoms with van der Waals surface area (Å²) in [7, 11) is 0. The summed E-state index contributed by atoms with van der Waals surface area (Å²) in [6, 6.07) is 13.1. The van der Waals surface area contributed by atoms with Crippen molar-refractivity contribution >= 4 is 47.2 Å². The third-order valence-electron chi connectivity index (χ3n) is 3.60. The van der Waals surface area contributed by atoms with Gasteiger partial charge in [0.1, 0.15) is 11.9 Å². The van der Waals surface area contributed by atoms with Crippen LogP contribution in [0.15, 0.2) is 42.5 Å². The normalized spacial score (nSPS) is 15.6. The molecule has 0 saturated carbocycles. The molecule has 0 bridgehead atoms. The second-order valence-electron chi connectivity index (χ2n) is 5.06. The molecule has 1 atom stereocenters. The molecule has 6 heteroatoms. The number of hydrogen-bond acceptors (Lipinski definition) is 2. The Morgan fingerprint density at radius 3 is 2.27 bits per heavy atom. The maximum atomic E-state index is 6.19. The van der Waals surface area contributed by atoms with E-state index in [0.717, 1.165) is 18.7 Å². The van der Waals surface area contributed by atoms with E-state index < -0.39 is 0 Å². The van der Waals surface area contributed by atoms with E-state index in [1.807, 2.05) is 36.4 Å². The van der Waals surface area contributed by atoms with Crippen LogP contribution in [0.25, 0.3) is 0 Å². The van der Waals surface area contributed by atoms with Gasteiger partial charge in [0.05, 0.1) is 15.1 Å². The van der Waals surface area contributed by atoms with E-state index in [1.165, 1.54) is 0 Å². The van der Waals surface area contributed by atoms with Gasteiger partial charge in [0.25, 0.3) is 0 Å². The first kappa shape index (κ1) is 17.7. The lowest BCUT2D eigenvalue weighted by atomic mass is 9.91.